The van der Waals surface area contributed by atoms with Crippen LogP contribution in [0.25, 0.3) is 0 Å². The molecule has 0 spiro atoms. The summed E-state index contributed by atoms with van der Waals surface area (Å²) in [6, 6.07) is 9.66. The molecule has 1 heterocycles. The Balaban J connectivity index is 2.33. The van der Waals surface area contributed by atoms with Crippen molar-refractivity contribution in [3.8, 4) is 0 Å². The first-order valence-corrected chi connectivity index (χ1v) is 8.15. The van der Waals surface area contributed by atoms with Gasteiger partial charge in [0, 0.05) is 23.7 Å². The van der Waals surface area contributed by atoms with E-state index in [1.165, 1.54) is 6.07 Å². The van der Waals surface area contributed by atoms with Gasteiger partial charge in [0.15, 0.2) is 0 Å². The van der Waals surface area contributed by atoms with Crippen LogP contribution >= 0.6 is 11.6 Å². The molecular weight excluding hydrogens is 312 g/mol. The molecule has 0 amide bonds. The quantitative estimate of drug-likeness (QED) is 0.884. The summed E-state index contributed by atoms with van der Waals surface area (Å²) in [6.45, 7) is 1.60. The van der Waals surface area contributed by atoms with Gasteiger partial charge in [-0.25, -0.2) is 13.4 Å². The SMILES string of the molecule is Cc1c(Cl)cccc1S(=O)(=O)Nc1cccc(CCO)n1. The van der Waals surface area contributed by atoms with Crippen LogP contribution in [0.15, 0.2) is 41.3 Å². The number of anilines is 1. The number of pyridine rings is 1. The lowest BCUT2D eigenvalue weighted by molar-refractivity contribution is 0.298. The molecule has 112 valence electrons. The van der Waals surface area contributed by atoms with E-state index in [1.807, 2.05) is 0 Å². The van der Waals surface area contributed by atoms with Gasteiger partial charge in [0.25, 0.3) is 10.0 Å². The molecule has 0 unspecified atom stereocenters. The molecule has 1 aromatic heterocycles. The van der Waals surface area contributed by atoms with E-state index in [2.05, 4.69) is 9.71 Å². The largest absolute Gasteiger partial charge is 0.396 e. The minimum Gasteiger partial charge on any atom is -0.396 e. The van der Waals surface area contributed by atoms with Gasteiger partial charge in [0.2, 0.25) is 0 Å². The van der Waals surface area contributed by atoms with E-state index >= 15 is 0 Å². The number of sulfonamides is 1. The fourth-order valence-electron chi connectivity index (χ4n) is 1.86. The van der Waals surface area contributed by atoms with E-state index in [0.29, 0.717) is 22.7 Å². The maximum absolute atomic E-state index is 12.4. The molecule has 2 rings (SSSR count). The molecule has 21 heavy (non-hydrogen) atoms. The van der Waals surface area contributed by atoms with E-state index in [9.17, 15) is 8.42 Å². The molecule has 0 atom stereocenters. The monoisotopic (exact) mass is 326 g/mol. The smallest absolute Gasteiger partial charge is 0.263 e. The van der Waals surface area contributed by atoms with E-state index in [-0.39, 0.29) is 17.3 Å². The molecule has 2 N–H and O–H groups in total. The molecule has 5 nitrogen and oxygen atoms in total. The number of hydrogen-bond acceptors (Lipinski definition) is 4. The summed E-state index contributed by atoms with van der Waals surface area (Å²) < 4.78 is 27.2. The third kappa shape index (κ3) is 3.72. The number of nitrogens with one attached hydrogen (secondary N) is 1. The van der Waals surface area contributed by atoms with Crippen molar-refractivity contribution in [2.45, 2.75) is 18.2 Å². The average molecular weight is 327 g/mol. The summed E-state index contributed by atoms with van der Waals surface area (Å²) in [5.41, 5.74) is 1.10. The van der Waals surface area contributed by atoms with Gasteiger partial charge in [-0.05, 0) is 36.8 Å². The number of benzene rings is 1. The Morgan fingerprint density at radius 1 is 1.24 bits per heavy atom. The zero-order valence-electron chi connectivity index (χ0n) is 11.4. The average Bonchev–Trinajstić information content (AvgIpc) is 2.42. The highest BCUT2D eigenvalue weighted by atomic mass is 35.5. The second-order valence-corrected chi connectivity index (χ2v) is 6.51. The normalized spacial score (nSPS) is 11.4. The standard InChI is InChI=1S/C14H15ClN2O3S/c1-10-12(15)5-3-6-13(10)21(19,20)17-14-7-2-4-11(16-14)8-9-18/h2-7,18H,8-9H2,1H3,(H,16,17). The number of aromatic nitrogens is 1. The van der Waals surface area contributed by atoms with Crippen LogP contribution in [0.2, 0.25) is 5.02 Å². The summed E-state index contributed by atoms with van der Waals surface area (Å²) >= 11 is 5.95. The van der Waals surface area contributed by atoms with Crippen LogP contribution in [-0.2, 0) is 16.4 Å². The van der Waals surface area contributed by atoms with Gasteiger partial charge in [-0.1, -0.05) is 23.7 Å². The second kappa shape index (κ2) is 6.43. The summed E-state index contributed by atoms with van der Waals surface area (Å²) in [5.74, 6) is 0.209. The lowest BCUT2D eigenvalue weighted by Gasteiger charge is -2.11. The maximum Gasteiger partial charge on any atom is 0.263 e. The van der Waals surface area contributed by atoms with Crippen molar-refractivity contribution in [1.82, 2.24) is 4.98 Å². The summed E-state index contributed by atoms with van der Waals surface area (Å²) in [5, 5.41) is 9.28. The zero-order valence-corrected chi connectivity index (χ0v) is 12.9. The molecule has 1 aromatic carbocycles. The van der Waals surface area contributed by atoms with Crippen LogP contribution in [-0.4, -0.2) is 25.1 Å². The summed E-state index contributed by atoms with van der Waals surface area (Å²) in [7, 11) is -3.76. The minimum atomic E-state index is -3.76. The molecule has 0 aliphatic carbocycles. The molecule has 2 aromatic rings. The van der Waals surface area contributed by atoms with Crippen LogP contribution in [0.1, 0.15) is 11.3 Å². The van der Waals surface area contributed by atoms with Crippen molar-refractivity contribution in [3.63, 3.8) is 0 Å². The number of rotatable bonds is 5. The molecular formula is C14H15ClN2O3S. The van der Waals surface area contributed by atoms with Gasteiger partial charge >= 0.3 is 0 Å². The molecule has 0 aliphatic heterocycles. The van der Waals surface area contributed by atoms with Gasteiger partial charge in [-0.2, -0.15) is 0 Å². The molecule has 0 bridgehead atoms. The van der Waals surface area contributed by atoms with Crippen LogP contribution in [0.4, 0.5) is 5.82 Å². The third-order valence-corrected chi connectivity index (χ3v) is 4.83. The van der Waals surface area contributed by atoms with Crippen molar-refractivity contribution < 1.29 is 13.5 Å². The number of nitrogens with zero attached hydrogens (tertiary/aromatic N) is 1. The first kappa shape index (κ1) is 15.8. The third-order valence-electron chi connectivity index (χ3n) is 2.92. The topological polar surface area (TPSA) is 79.3 Å². The fourth-order valence-corrected chi connectivity index (χ4v) is 3.36. The lowest BCUT2D eigenvalue weighted by Crippen LogP contribution is -2.15. The second-order valence-electron chi connectivity index (χ2n) is 4.46. The zero-order chi connectivity index (χ0) is 15.5. The van der Waals surface area contributed by atoms with E-state index in [0.717, 1.165) is 0 Å². The van der Waals surface area contributed by atoms with Crippen molar-refractivity contribution in [3.05, 3.63) is 52.7 Å². The minimum absolute atomic E-state index is 0.0450. The number of hydrogen-bond donors (Lipinski definition) is 2. The van der Waals surface area contributed by atoms with E-state index in [1.54, 1.807) is 37.3 Å². The molecule has 7 heteroatoms. The fraction of sp³-hybridized carbons (Fsp3) is 0.214. The van der Waals surface area contributed by atoms with Gasteiger partial charge in [0.05, 0.1) is 4.90 Å². The highest BCUT2D eigenvalue weighted by Crippen LogP contribution is 2.24. The molecule has 0 fully saturated rings. The highest BCUT2D eigenvalue weighted by molar-refractivity contribution is 7.92. The van der Waals surface area contributed by atoms with Crippen molar-refractivity contribution in [1.29, 1.82) is 0 Å². The lowest BCUT2D eigenvalue weighted by atomic mass is 10.2. The number of halogens is 1. The molecule has 0 saturated carbocycles. The van der Waals surface area contributed by atoms with Crippen molar-refractivity contribution in [2.24, 2.45) is 0 Å². The van der Waals surface area contributed by atoms with Crippen LogP contribution < -0.4 is 4.72 Å². The Morgan fingerprint density at radius 2 is 1.95 bits per heavy atom. The van der Waals surface area contributed by atoms with Gasteiger partial charge in [-0.15, -0.1) is 0 Å². The predicted octanol–water partition coefficient (Wildman–Crippen LogP) is 2.38. The molecule has 0 aliphatic rings. The highest BCUT2D eigenvalue weighted by Gasteiger charge is 2.18. The first-order chi connectivity index (χ1) is 9.94. The predicted molar refractivity (Wildman–Crippen MR) is 82.0 cm³/mol. The van der Waals surface area contributed by atoms with Crippen LogP contribution in [0, 0.1) is 6.92 Å². The Bertz CT molecular complexity index is 748. The molecule has 0 radical (unpaired) electrons. The Hall–Kier alpha value is -1.63. The van der Waals surface area contributed by atoms with Crippen LogP contribution in [0.5, 0.6) is 0 Å². The maximum atomic E-state index is 12.4. The first-order valence-electron chi connectivity index (χ1n) is 6.29. The van der Waals surface area contributed by atoms with Crippen molar-refractivity contribution in [2.75, 3.05) is 11.3 Å². The Labute approximate surface area is 128 Å². The van der Waals surface area contributed by atoms with E-state index < -0.39 is 10.0 Å². The van der Waals surface area contributed by atoms with E-state index in [4.69, 9.17) is 16.7 Å². The summed E-state index contributed by atoms with van der Waals surface area (Å²) in [4.78, 5) is 4.26. The van der Waals surface area contributed by atoms with Crippen molar-refractivity contribution >= 4 is 27.4 Å². The van der Waals surface area contributed by atoms with Gasteiger partial charge in [0.1, 0.15) is 5.82 Å². The van der Waals surface area contributed by atoms with Crippen LogP contribution in [0.3, 0.4) is 0 Å². The molecule has 0 saturated heterocycles. The number of aliphatic hydroxyl groups excluding tert-OH is 1. The Morgan fingerprint density at radius 3 is 2.67 bits per heavy atom. The Kier molecular flexibility index (Phi) is 4.82. The summed E-state index contributed by atoms with van der Waals surface area (Å²) in [6.07, 6.45) is 0.367. The number of aliphatic hydroxyl groups is 1. The van der Waals surface area contributed by atoms with Gasteiger partial charge in [-0.3, -0.25) is 4.72 Å². The van der Waals surface area contributed by atoms with Gasteiger partial charge < -0.3 is 5.11 Å².